The summed E-state index contributed by atoms with van der Waals surface area (Å²) in [5, 5.41) is 12.7. The van der Waals surface area contributed by atoms with Crippen molar-refractivity contribution < 1.29 is 0 Å². The third-order valence-electron chi connectivity index (χ3n) is 4.33. The van der Waals surface area contributed by atoms with E-state index in [1.54, 1.807) is 0 Å². The van der Waals surface area contributed by atoms with E-state index in [1.165, 1.54) is 0 Å². The average molecular weight is 349 g/mol. The number of hydrogen-bond donors (Lipinski definition) is 2. The van der Waals surface area contributed by atoms with Crippen LogP contribution < -0.4 is 5.32 Å². The van der Waals surface area contributed by atoms with Crippen molar-refractivity contribution in [3.63, 3.8) is 0 Å². The smallest absolute Gasteiger partial charge is 0.224 e. The molecule has 0 amide bonds. The first-order valence-corrected chi connectivity index (χ1v) is 8.86. The largest absolute Gasteiger partial charge is 0.354 e. The fourth-order valence-electron chi connectivity index (χ4n) is 2.94. The van der Waals surface area contributed by atoms with Crippen molar-refractivity contribution >= 4 is 28.0 Å². The number of benzene rings is 1. The maximum Gasteiger partial charge on any atom is 0.224 e. The van der Waals surface area contributed by atoms with E-state index in [-0.39, 0.29) is 5.41 Å². The van der Waals surface area contributed by atoms with Gasteiger partial charge >= 0.3 is 0 Å². The van der Waals surface area contributed by atoms with Crippen LogP contribution in [0.4, 0.5) is 5.95 Å². The highest BCUT2D eigenvalue weighted by Gasteiger charge is 2.13. The highest BCUT2D eigenvalue weighted by Crippen LogP contribution is 2.30. The van der Waals surface area contributed by atoms with E-state index in [0.717, 1.165) is 46.3 Å². The molecule has 7 nitrogen and oxygen atoms in total. The SMILES string of the molecule is CCn1nnc2ccc(-c3c[nH]c4nc(NCC(C)(C)C)ncc34)cc21. The maximum atomic E-state index is 4.60. The van der Waals surface area contributed by atoms with Gasteiger partial charge in [-0.2, -0.15) is 4.98 Å². The zero-order valence-electron chi connectivity index (χ0n) is 15.5. The van der Waals surface area contributed by atoms with Crippen LogP contribution in [-0.2, 0) is 6.54 Å². The molecule has 0 fully saturated rings. The number of fused-ring (bicyclic) bond motifs is 2. The Morgan fingerprint density at radius 3 is 2.85 bits per heavy atom. The number of rotatable bonds is 4. The van der Waals surface area contributed by atoms with Gasteiger partial charge in [-0.3, -0.25) is 0 Å². The van der Waals surface area contributed by atoms with Crippen molar-refractivity contribution in [3.05, 3.63) is 30.6 Å². The van der Waals surface area contributed by atoms with Crippen molar-refractivity contribution in [2.45, 2.75) is 34.2 Å². The van der Waals surface area contributed by atoms with E-state index < -0.39 is 0 Å². The van der Waals surface area contributed by atoms with Gasteiger partial charge in [0, 0.05) is 36.4 Å². The molecule has 0 unspecified atom stereocenters. The molecule has 3 aromatic heterocycles. The lowest BCUT2D eigenvalue weighted by atomic mass is 9.97. The molecule has 0 saturated heterocycles. The van der Waals surface area contributed by atoms with E-state index >= 15 is 0 Å². The number of aromatic nitrogens is 6. The molecule has 2 N–H and O–H groups in total. The summed E-state index contributed by atoms with van der Waals surface area (Å²) in [6.45, 7) is 10.2. The lowest BCUT2D eigenvalue weighted by molar-refractivity contribution is 0.442. The van der Waals surface area contributed by atoms with Crippen molar-refractivity contribution in [2.75, 3.05) is 11.9 Å². The van der Waals surface area contributed by atoms with E-state index in [1.807, 2.05) is 23.1 Å². The van der Waals surface area contributed by atoms with Crippen LogP contribution >= 0.6 is 0 Å². The van der Waals surface area contributed by atoms with Crippen LogP contribution in [0.1, 0.15) is 27.7 Å². The number of nitrogens with one attached hydrogen (secondary N) is 2. The molecule has 4 aromatic rings. The van der Waals surface area contributed by atoms with Gasteiger partial charge in [0.15, 0.2) is 0 Å². The van der Waals surface area contributed by atoms with Crippen molar-refractivity contribution in [2.24, 2.45) is 5.41 Å². The number of anilines is 1. The van der Waals surface area contributed by atoms with E-state index in [4.69, 9.17) is 0 Å². The molecule has 0 aliphatic heterocycles. The second-order valence-electron chi connectivity index (χ2n) is 7.68. The molecular weight excluding hydrogens is 326 g/mol. The van der Waals surface area contributed by atoms with E-state index in [9.17, 15) is 0 Å². The van der Waals surface area contributed by atoms with E-state index in [0.29, 0.717) is 5.95 Å². The lowest BCUT2D eigenvalue weighted by Crippen LogP contribution is -2.20. The molecule has 0 saturated carbocycles. The topological polar surface area (TPSA) is 84.3 Å². The summed E-state index contributed by atoms with van der Waals surface area (Å²) in [7, 11) is 0. The van der Waals surface area contributed by atoms with Crippen molar-refractivity contribution in [1.29, 1.82) is 0 Å². The number of H-pyrrole nitrogens is 1. The number of aromatic amines is 1. The Morgan fingerprint density at radius 2 is 2.08 bits per heavy atom. The summed E-state index contributed by atoms with van der Waals surface area (Å²) < 4.78 is 1.90. The molecule has 26 heavy (non-hydrogen) atoms. The Hall–Kier alpha value is -2.96. The minimum atomic E-state index is 0.172. The average Bonchev–Trinajstić information content (AvgIpc) is 3.22. The van der Waals surface area contributed by atoms with Gasteiger partial charge in [0.05, 0.1) is 5.52 Å². The van der Waals surface area contributed by atoms with Gasteiger partial charge in [-0.25, -0.2) is 9.67 Å². The third kappa shape index (κ3) is 3.00. The molecule has 0 bridgehead atoms. The third-order valence-corrected chi connectivity index (χ3v) is 4.33. The summed E-state index contributed by atoms with van der Waals surface area (Å²) in [6, 6.07) is 6.18. The van der Waals surface area contributed by atoms with Crippen LogP contribution in [0.3, 0.4) is 0 Å². The van der Waals surface area contributed by atoms with Gasteiger partial charge < -0.3 is 10.3 Å². The Balaban J connectivity index is 1.71. The summed E-state index contributed by atoms with van der Waals surface area (Å²) in [5.74, 6) is 0.643. The number of hydrogen-bond acceptors (Lipinski definition) is 5. The molecule has 0 radical (unpaired) electrons. The summed E-state index contributed by atoms with van der Waals surface area (Å²) in [5.41, 5.74) is 5.11. The van der Waals surface area contributed by atoms with Gasteiger partial charge in [-0.05, 0) is 30.0 Å². The van der Waals surface area contributed by atoms with Crippen LogP contribution in [0.2, 0.25) is 0 Å². The molecular formula is C19H23N7. The fourth-order valence-corrected chi connectivity index (χ4v) is 2.94. The minimum Gasteiger partial charge on any atom is -0.354 e. The molecule has 7 heteroatoms. The minimum absolute atomic E-state index is 0.172. The van der Waals surface area contributed by atoms with Crippen LogP contribution in [0.5, 0.6) is 0 Å². The first-order valence-electron chi connectivity index (χ1n) is 8.86. The van der Waals surface area contributed by atoms with Gasteiger partial charge in [0.25, 0.3) is 0 Å². The predicted molar refractivity (Wildman–Crippen MR) is 104 cm³/mol. The lowest BCUT2D eigenvalue weighted by Gasteiger charge is -2.18. The molecule has 134 valence electrons. The molecule has 3 heterocycles. The predicted octanol–water partition coefficient (Wildman–Crippen LogP) is 3.85. The first kappa shape index (κ1) is 16.5. The highest BCUT2D eigenvalue weighted by molar-refractivity contribution is 5.95. The zero-order chi connectivity index (χ0) is 18.3. The second-order valence-corrected chi connectivity index (χ2v) is 7.68. The number of aryl methyl sites for hydroxylation is 1. The van der Waals surface area contributed by atoms with Gasteiger partial charge in [-0.1, -0.05) is 32.1 Å². The maximum absolute atomic E-state index is 4.60. The first-order chi connectivity index (χ1) is 12.4. The summed E-state index contributed by atoms with van der Waals surface area (Å²) >= 11 is 0. The normalized spacial score (nSPS) is 12.2. The Morgan fingerprint density at radius 1 is 1.23 bits per heavy atom. The summed E-state index contributed by atoms with van der Waals surface area (Å²) in [6.07, 6.45) is 3.85. The van der Waals surface area contributed by atoms with Crippen LogP contribution in [0.25, 0.3) is 33.2 Å². The fraction of sp³-hybridized carbons (Fsp3) is 0.368. The van der Waals surface area contributed by atoms with E-state index in [2.05, 4.69) is 70.4 Å². The zero-order valence-corrected chi connectivity index (χ0v) is 15.5. The van der Waals surface area contributed by atoms with Crippen molar-refractivity contribution in [1.82, 2.24) is 29.9 Å². The summed E-state index contributed by atoms with van der Waals surface area (Å²) in [4.78, 5) is 12.4. The molecule has 0 spiro atoms. The Labute approximate surface area is 151 Å². The monoisotopic (exact) mass is 349 g/mol. The highest BCUT2D eigenvalue weighted by atomic mass is 15.4. The molecule has 0 aliphatic rings. The molecule has 1 aromatic carbocycles. The molecule has 0 atom stereocenters. The van der Waals surface area contributed by atoms with Crippen molar-refractivity contribution in [3.8, 4) is 11.1 Å². The van der Waals surface area contributed by atoms with Gasteiger partial charge in [0.2, 0.25) is 5.95 Å². The Bertz CT molecular complexity index is 1070. The van der Waals surface area contributed by atoms with Crippen LogP contribution in [-0.4, -0.2) is 36.5 Å². The standard InChI is InChI=1S/C19H23N7/c1-5-26-16-8-12(6-7-15(16)24-25-26)13-9-20-17-14(13)10-21-18(23-17)22-11-19(2,3)4/h6-10H,5,11H2,1-4H3,(H2,20,21,22,23). The van der Waals surface area contributed by atoms with Crippen LogP contribution in [0.15, 0.2) is 30.6 Å². The number of nitrogens with zero attached hydrogens (tertiary/aromatic N) is 5. The van der Waals surface area contributed by atoms with Gasteiger partial charge in [0.1, 0.15) is 11.2 Å². The molecule has 4 rings (SSSR count). The second kappa shape index (κ2) is 6.09. The molecule has 0 aliphatic carbocycles. The quantitative estimate of drug-likeness (QED) is 0.585. The van der Waals surface area contributed by atoms with Gasteiger partial charge in [-0.15, -0.1) is 5.10 Å². The van der Waals surface area contributed by atoms with Crippen LogP contribution in [0, 0.1) is 5.41 Å². The Kier molecular flexibility index (Phi) is 3.86.